The number of furan rings is 1. The lowest BCUT2D eigenvalue weighted by atomic mass is 10.1. The third-order valence-corrected chi connectivity index (χ3v) is 2.30. The topological polar surface area (TPSA) is 56.5 Å². The zero-order valence-electron chi connectivity index (χ0n) is 9.17. The minimum absolute atomic E-state index is 0.138. The predicted molar refractivity (Wildman–Crippen MR) is 60.9 cm³/mol. The van der Waals surface area contributed by atoms with Crippen LogP contribution in [0.3, 0.4) is 0 Å². The van der Waals surface area contributed by atoms with Gasteiger partial charge in [0.15, 0.2) is 0 Å². The molecule has 0 unspecified atom stereocenters. The highest BCUT2D eigenvalue weighted by Gasteiger charge is 2.12. The van der Waals surface area contributed by atoms with Gasteiger partial charge in [-0.25, -0.2) is 4.79 Å². The molecule has 0 spiro atoms. The molecule has 0 saturated carbocycles. The Morgan fingerprint density at radius 3 is 2.82 bits per heavy atom. The molecule has 0 saturated heterocycles. The summed E-state index contributed by atoms with van der Waals surface area (Å²) in [5, 5.41) is 0. The minimum Gasteiger partial charge on any atom is -0.463 e. The van der Waals surface area contributed by atoms with Crippen LogP contribution in [0.25, 0.3) is 11.3 Å². The van der Waals surface area contributed by atoms with Crippen LogP contribution >= 0.6 is 0 Å². The maximum atomic E-state index is 11.2. The number of carbonyl (C=O) groups excluding carboxylic acids is 2. The number of rotatable bonds is 3. The zero-order valence-corrected chi connectivity index (χ0v) is 9.17. The molecule has 0 atom stereocenters. The molecule has 17 heavy (non-hydrogen) atoms. The van der Waals surface area contributed by atoms with Crippen molar-refractivity contribution in [2.75, 3.05) is 7.11 Å². The van der Waals surface area contributed by atoms with E-state index in [1.165, 1.54) is 13.2 Å². The largest absolute Gasteiger partial charge is 0.463 e. The van der Waals surface area contributed by atoms with Crippen LogP contribution < -0.4 is 0 Å². The van der Waals surface area contributed by atoms with Gasteiger partial charge in [-0.15, -0.1) is 0 Å². The van der Waals surface area contributed by atoms with Gasteiger partial charge in [0.25, 0.3) is 0 Å². The zero-order chi connectivity index (χ0) is 12.3. The first kappa shape index (κ1) is 11.1. The van der Waals surface area contributed by atoms with Gasteiger partial charge in [-0.05, 0) is 18.2 Å². The van der Waals surface area contributed by atoms with E-state index >= 15 is 0 Å². The van der Waals surface area contributed by atoms with Crippen LogP contribution in [0.4, 0.5) is 0 Å². The molecular weight excluding hydrogens is 220 g/mol. The number of hydrogen-bond donors (Lipinski definition) is 0. The van der Waals surface area contributed by atoms with Gasteiger partial charge in [0.2, 0.25) is 5.76 Å². The van der Waals surface area contributed by atoms with Gasteiger partial charge in [0, 0.05) is 11.1 Å². The molecule has 0 N–H and O–H groups in total. The van der Waals surface area contributed by atoms with Crippen LogP contribution in [0.1, 0.15) is 20.9 Å². The van der Waals surface area contributed by atoms with Gasteiger partial charge in [-0.2, -0.15) is 0 Å². The number of methoxy groups -OCH3 is 1. The molecule has 2 rings (SSSR count). The van der Waals surface area contributed by atoms with Crippen molar-refractivity contribution in [1.29, 1.82) is 0 Å². The van der Waals surface area contributed by atoms with Gasteiger partial charge >= 0.3 is 5.97 Å². The summed E-state index contributed by atoms with van der Waals surface area (Å²) in [6, 6.07) is 10.1. The number of aldehydes is 1. The van der Waals surface area contributed by atoms with E-state index in [0.717, 1.165) is 11.8 Å². The van der Waals surface area contributed by atoms with Crippen LogP contribution in [0, 0.1) is 0 Å². The van der Waals surface area contributed by atoms with E-state index in [9.17, 15) is 9.59 Å². The van der Waals surface area contributed by atoms with Crippen LogP contribution in [-0.4, -0.2) is 19.4 Å². The second kappa shape index (κ2) is 4.65. The highest BCUT2D eigenvalue weighted by atomic mass is 16.5. The average Bonchev–Trinajstić information content (AvgIpc) is 2.87. The third kappa shape index (κ3) is 2.25. The van der Waals surface area contributed by atoms with Crippen molar-refractivity contribution >= 4 is 12.3 Å². The molecule has 0 aliphatic heterocycles. The average molecular weight is 230 g/mol. The fourth-order valence-corrected chi connectivity index (χ4v) is 1.47. The summed E-state index contributed by atoms with van der Waals surface area (Å²) in [7, 11) is 1.29. The summed E-state index contributed by atoms with van der Waals surface area (Å²) in [6.45, 7) is 0. The summed E-state index contributed by atoms with van der Waals surface area (Å²) in [5.41, 5.74) is 1.29. The van der Waals surface area contributed by atoms with Gasteiger partial charge in [0.1, 0.15) is 12.0 Å². The lowest BCUT2D eigenvalue weighted by Gasteiger charge is -1.98. The summed E-state index contributed by atoms with van der Waals surface area (Å²) >= 11 is 0. The summed E-state index contributed by atoms with van der Waals surface area (Å²) in [4.78, 5) is 21.9. The molecule has 86 valence electrons. The Balaban J connectivity index is 2.36. The molecule has 0 aliphatic rings. The van der Waals surface area contributed by atoms with Crippen molar-refractivity contribution in [3.05, 3.63) is 47.7 Å². The standard InChI is InChI=1S/C13H10O4/c1-16-13(15)12-6-5-11(17-12)10-4-2-3-9(7-10)8-14/h2-8H,1H3. The van der Waals surface area contributed by atoms with Crippen molar-refractivity contribution < 1.29 is 18.7 Å². The Bertz CT molecular complexity index is 554. The smallest absolute Gasteiger partial charge is 0.373 e. The molecule has 1 aromatic carbocycles. The number of carbonyl (C=O) groups is 2. The Labute approximate surface area is 97.8 Å². The van der Waals surface area contributed by atoms with Crippen LogP contribution in [0.2, 0.25) is 0 Å². The molecule has 0 aliphatic carbocycles. The summed E-state index contributed by atoms with van der Waals surface area (Å²) in [5.74, 6) is 0.135. The summed E-state index contributed by atoms with van der Waals surface area (Å²) in [6.07, 6.45) is 0.758. The van der Waals surface area contributed by atoms with Gasteiger partial charge in [-0.1, -0.05) is 18.2 Å². The fraction of sp³-hybridized carbons (Fsp3) is 0.0769. The maximum Gasteiger partial charge on any atom is 0.373 e. The molecule has 1 heterocycles. The molecular formula is C13H10O4. The monoisotopic (exact) mass is 230 g/mol. The van der Waals surface area contributed by atoms with Crippen molar-refractivity contribution in [3.8, 4) is 11.3 Å². The quantitative estimate of drug-likeness (QED) is 0.600. The van der Waals surface area contributed by atoms with Gasteiger partial charge in [-0.3, -0.25) is 4.79 Å². The Morgan fingerprint density at radius 1 is 1.29 bits per heavy atom. The molecule has 0 bridgehead atoms. The van der Waals surface area contributed by atoms with Crippen molar-refractivity contribution in [2.24, 2.45) is 0 Å². The van der Waals surface area contributed by atoms with E-state index in [1.807, 2.05) is 0 Å². The molecule has 4 heteroatoms. The second-order valence-electron chi connectivity index (χ2n) is 3.40. The van der Waals surface area contributed by atoms with E-state index in [4.69, 9.17) is 4.42 Å². The number of benzene rings is 1. The number of hydrogen-bond acceptors (Lipinski definition) is 4. The lowest BCUT2D eigenvalue weighted by molar-refractivity contribution is 0.0566. The molecule has 1 aromatic heterocycles. The van der Waals surface area contributed by atoms with Crippen molar-refractivity contribution in [3.63, 3.8) is 0 Å². The first-order chi connectivity index (χ1) is 8.24. The van der Waals surface area contributed by atoms with Crippen molar-refractivity contribution in [2.45, 2.75) is 0 Å². The number of esters is 1. The van der Waals surface area contributed by atoms with Crippen LogP contribution in [0.5, 0.6) is 0 Å². The molecule has 2 aromatic rings. The van der Waals surface area contributed by atoms with E-state index < -0.39 is 5.97 Å². The highest BCUT2D eigenvalue weighted by molar-refractivity contribution is 5.87. The van der Waals surface area contributed by atoms with Crippen molar-refractivity contribution in [1.82, 2.24) is 0 Å². The first-order valence-corrected chi connectivity index (χ1v) is 4.98. The fourth-order valence-electron chi connectivity index (χ4n) is 1.47. The van der Waals surface area contributed by atoms with Crippen LogP contribution in [0.15, 0.2) is 40.8 Å². The molecule has 0 amide bonds. The van der Waals surface area contributed by atoms with Gasteiger partial charge in [0.05, 0.1) is 7.11 Å². The highest BCUT2D eigenvalue weighted by Crippen LogP contribution is 2.23. The second-order valence-corrected chi connectivity index (χ2v) is 3.40. The first-order valence-electron chi connectivity index (χ1n) is 4.98. The molecule has 0 radical (unpaired) electrons. The van der Waals surface area contributed by atoms with E-state index in [0.29, 0.717) is 11.3 Å². The summed E-state index contributed by atoms with van der Waals surface area (Å²) < 4.78 is 9.87. The normalized spacial score (nSPS) is 9.94. The third-order valence-electron chi connectivity index (χ3n) is 2.30. The Kier molecular flexibility index (Phi) is 3.05. The van der Waals surface area contributed by atoms with E-state index in [2.05, 4.69) is 4.74 Å². The van der Waals surface area contributed by atoms with E-state index in [1.54, 1.807) is 30.3 Å². The van der Waals surface area contributed by atoms with Crippen LogP contribution in [-0.2, 0) is 4.74 Å². The van der Waals surface area contributed by atoms with Gasteiger partial charge < -0.3 is 9.15 Å². The minimum atomic E-state index is -0.525. The van der Waals surface area contributed by atoms with E-state index in [-0.39, 0.29) is 5.76 Å². The SMILES string of the molecule is COC(=O)c1ccc(-c2cccc(C=O)c2)o1. The maximum absolute atomic E-state index is 11.2. The number of ether oxygens (including phenoxy) is 1. The lowest BCUT2D eigenvalue weighted by Crippen LogP contribution is -1.98. The molecule has 0 fully saturated rings. The Hall–Kier alpha value is -2.36. The molecule has 4 nitrogen and oxygen atoms in total. The predicted octanol–water partition coefficient (Wildman–Crippen LogP) is 2.55. The Morgan fingerprint density at radius 2 is 2.12 bits per heavy atom.